The fourth-order valence-corrected chi connectivity index (χ4v) is 2.52. The summed E-state index contributed by atoms with van der Waals surface area (Å²) in [7, 11) is 0. The Bertz CT molecular complexity index is 450. The first kappa shape index (κ1) is 14.9. The molecule has 1 heterocycles. The maximum absolute atomic E-state index is 5.76. The zero-order chi connectivity index (χ0) is 14.4. The normalized spacial score (nSPS) is 15.9. The third kappa shape index (κ3) is 4.01. The number of benzene rings is 1. The highest BCUT2D eigenvalue weighted by Gasteiger charge is 2.17. The van der Waals surface area contributed by atoms with Crippen molar-refractivity contribution in [2.24, 2.45) is 0 Å². The average Bonchev–Trinajstić information content (AvgIpc) is 2.47. The zero-order valence-corrected chi connectivity index (χ0v) is 12.6. The van der Waals surface area contributed by atoms with Crippen LogP contribution in [0.3, 0.4) is 0 Å². The Morgan fingerprint density at radius 1 is 1.25 bits per heavy atom. The van der Waals surface area contributed by atoms with E-state index in [-0.39, 0.29) is 0 Å². The van der Waals surface area contributed by atoms with Crippen LogP contribution in [0.1, 0.15) is 38.2 Å². The summed E-state index contributed by atoms with van der Waals surface area (Å²) in [4.78, 5) is 0. The maximum Gasteiger partial charge on any atom is 0.161 e. The minimum Gasteiger partial charge on any atom is -0.490 e. The second-order valence-electron chi connectivity index (χ2n) is 5.41. The number of ether oxygens (including phenoxy) is 2. The van der Waals surface area contributed by atoms with Crippen molar-refractivity contribution in [2.75, 3.05) is 26.3 Å². The van der Waals surface area contributed by atoms with E-state index in [9.17, 15) is 0 Å². The molecule has 0 unspecified atom stereocenters. The summed E-state index contributed by atoms with van der Waals surface area (Å²) >= 11 is 0. The monoisotopic (exact) mass is 275 g/mol. The van der Waals surface area contributed by atoms with Crippen molar-refractivity contribution in [1.82, 2.24) is 5.32 Å². The van der Waals surface area contributed by atoms with Crippen molar-refractivity contribution in [1.29, 1.82) is 0 Å². The molecule has 1 saturated heterocycles. The zero-order valence-electron chi connectivity index (χ0n) is 12.6. The van der Waals surface area contributed by atoms with E-state index in [1.54, 1.807) is 0 Å². The Morgan fingerprint density at radius 2 is 2.00 bits per heavy atom. The lowest BCUT2D eigenvalue weighted by Crippen LogP contribution is -2.26. The molecule has 0 spiro atoms. The van der Waals surface area contributed by atoms with Crippen LogP contribution in [0.25, 0.3) is 0 Å². The van der Waals surface area contributed by atoms with Gasteiger partial charge in [0.1, 0.15) is 6.61 Å². The van der Waals surface area contributed by atoms with E-state index in [1.807, 2.05) is 19.9 Å². The number of rotatable bonds is 6. The molecule has 0 saturated carbocycles. The average molecular weight is 275 g/mol. The van der Waals surface area contributed by atoms with E-state index in [1.165, 1.54) is 18.4 Å². The molecule has 20 heavy (non-hydrogen) atoms. The first-order valence-electron chi connectivity index (χ1n) is 7.45. The predicted molar refractivity (Wildman–Crippen MR) is 82.8 cm³/mol. The Labute approximate surface area is 122 Å². The smallest absolute Gasteiger partial charge is 0.161 e. The Hall–Kier alpha value is -1.48. The van der Waals surface area contributed by atoms with E-state index in [4.69, 9.17) is 9.47 Å². The lowest BCUT2D eigenvalue weighted by molar-refractivity contribution is 0.292. The van der Waals surface area contributed by atoms with Crippen molar-refractivity contribution >= 4 is 0 Å². The molecule has 0 bridgehead atoms. The van der Waals surface area contributed by atoms with Gasteiger partial charge >= 0.3 is 0 Å². The molecule has 1 N–H and O–H groups in total. The molecule has 3 heteroatoms. The molecule has 3 nitrogen and oxygen atoms in total. The molecular formula is C17H25NO2. The largest absolute Gasteiger partial charge is 0.490 e. The Morgan fingerprint density at radius 3 is 2.65 bits per heavy atom. The van der Waals surface area contributed by atoms with E-state index in [0.717, 1.165) is 30.2 Å². The highest BCUT2D eigenvalue weighted by Crippen LogP contribution is 2.34. The van der Waals surface area contributed by atoms with Crippen LogP contribution in [0.15, 0.2) is 30.4 Å². The summed E-state index contributed by atoms with van der Waals surface area (Å²) in [6.45, 7) is 11.2. The predicted octanol–water partition coefficient (Wildman–Crippen LogP) is 3.51. The molecule has 1 aliphatic heterocycles. The number of piperidine rings is 1. The first-order chi connectivity index (χ1) is 9.70. The van der Waals surface area contributed by atoms with Gasteiger partial charge in [-0.1, -0.05) is 12.6 Å². The van der Waals surface area contributed by atoms with Crippen LogP contribution >= 0.6 is 0 Å². The standard InChI is InChI=1S/C17H25NO2/c1-4-19-17-11-15(14-7-9-18-10-8-14)5-6-16(17)20-12-13(2)3/h5-6,11,14,18H,2,4,7-10,12H2,1,3H3. The van der Waals surface area contributed by atoms with E-state index in [2.05, 4.69) is 24.0 Å². The van der Waals surface area contributed by atoms with Crippen molar-refractivity contribution < 1.29 is 9.47 Å². The molecule has 0 amide bonds. The van der Waals surface area contributed by atoms with Gasteiger partial charge in [-0.15, -0.1) is 0 Å². The summed E-state index contributed by atoms with van der Waals surface area (Å²) in [5.41, 5.74) is 2.37. The summed E-state index contributed by atoms with van der Waals surface area (Å²) in [5, 5.41) is 3.40. The topological polar surface area (TPSA) is 30.5 Å². The fourth-order valence-electron chi connectivity index (χ4n) is 2.52. The van der Waals surface area contributed by atoms with Gasteiger partial charge in [-0.05, 0) is 69.0 Å². The molecule has 1 aromatic carbocycles. The SMILES string of the molecule is C=C(C)COc1ccc(C2CCNCC2)cc1OCC. The molecular weight excluding hydrogens is 250 g/mol. The highest BCUT2D eigenvalue weighted by atomic mass is 16.5. The van der Waals surface area contributed by atoms with Crippen molar-refractivity contribution in [2.45, 2.75) is 32.6 Å². The molecule has 0 atom stereocenters. The number of hydrogen-bond donors (Lipinski definition) is 1. The van der Waals surface area contributed by atoms with Crippen LogP contribution in [-0.2, 0) is 0 Å². The van der Waals surface area contributed by atoms with Gasteiger partial charge in [0.15, 0.2) is 11.5 Å². The van der Waals surface area contributed by atoms with Crippen LogP contribution in [-0.4, -0.2) is 26.3 Å². The Kier molecular flexibility index (Phi) is 5.48. The second-order valence-corrected chi connectivity index (χ2v) is 5.41. The van der Waals surface area contributed by atoms with Gasteiger partial charge in [-0.2, -0.15) is 0 Å². The molecule has 110 valence electrons. The number of hydrogen-bond acceptors (Lipinski definition) is 3. The second kappa shape index (κ2) is 7.34. The van der Waals surface area contributed by atoms with E-state index >= 15 is 0 Å². The van der Waals surface area contributed by atoms with Gasteiger partial charge in [-0.25, -0.2) is 0 Å². The van der Waals surface area contributed by atoms with Crippen LogP contribution in [0.5, 0.6) is 11.5 Å². The molecule has 2 rings (SSSR count). The van der Waals surface area contributed by atoms with E-state index in [0.29, 0.717) is 19.1 Å². The minimum atomic E-state index is 0.534. The van der Waals surface area contributed by atoms with Gasteiger partial charge in [0, 0.05) is 0 Å². The molecule has 1 fully saturated rings. The molecule has 0 aromatic heterocycles. The lowest BCUT2D eigenvalue weighted by Gasteiger charge is -2.24. The van der Waals surface area contributed by atoms with Crippen LogP contribution in [0.2, 0.25) is 0 Å². The first-order valence-corrected chi connectivity index (χ1v) is 7.45. The minimum absolute atomic E-state index is 0.534. The number of nitrogens with one attached hydrogen (secondary N) is 1. The highest BCUT2D eigenvalue weighted by molar-refractivity contribution is 5.44. The van der Waals surface area contributed by atoms with Gasteiger partial charge in [0.05, 0.1) is 6.61 Å². The summed E-state index contributed by atoms with van der Waals surface area (Å²) in [6.07, 6.45) is 2.38. The summed E-state index contributed by atoms with van der Waals surface area (Å²) in [6, 6.07) is 6.35. The third-order valence-electron chi connectivity index (χ3n) is 3.55. The van der Waals surface area contributed by atoms with Crippen molar-refractivity contribution in [3.63, 3.8) is 0 Å². The van der Waals surface area contributed by atoms with Gasteiger partial charge in [0.2, 0.25) is 0 Å². The summed E-state index contributed by atoms with van der Waals surface area (Å²) in [5.74, 6) is 2.29. The summed E-state index contributed by atoms with van der Waals surface area (Å²) < 4.78 is 11.5. The quantitative estimate of drug-likeness (QED) is 0.806. The molecule has 1 aliphatic rings. The molecule has 0 aliphatic carbocycles. The van der Waals surface area contributed by atoms with Gasteiger partial charge in [0.25, 0.3) is 0 Å². The van der Waals surface area contributed by atoms with Crippen molar-refractivity contribution in [3.8, 4) is 11.5 Å². The van der Waals surface area contributed by atoms with Gasteiger partial charge in [-0.3, -0.25) is 0 Å². The Balaban J connectivity index is 2.14. The van der Waals surface area contributed by atoms with Crippen molar-refractivity contribution in [3.05, 3.63) is 35.9 Å². The van der Waals surface area contributed by atoms with Gasteiger partial charge < -0.3 is 14.8 Å². The maximum atomic E-state index is 5.76. The third-order valence-corrected chi connectivity index (χ3v) is 3.55. The van der Waals surface area contributed by atoms with Crippen LogP contribution in [0.4, 0.5) is 0 Å². The molecule has 0 radical (unpaired) electrons. The fraction of sp³-hybridized carbons (Fsp3) is 0.529. The van der Waals surface area contributed by atoms with Crippen LogP contribution < -0.4 is 14.8 Å². The van der Waals surface area contributed by atoms with E-state index < -0.39 is 0 Å². The van der Waals surface area contributed by atoms with Crippen LogP contribution in [0, 0.1) is 0 Å². The molecule has 1 aromatic rings. The lowest BCUT2D eigenvalue weighted by atomic mass is 9.90.